The van der Waals surface area contributed by atoms with E-state index in [-0.39, 0.29) is 0 Å². The largest absolute Gasteiger partial charge is 0.316 e. The fourth-order valence-corrected chi connectivity index (χ4v) is 2.35. The van der Waals surface area contributed by atoms with Crippen LogP contribution in [0.15, 0.2) is 12.3 Å². The van der Waals surface area contributed by atoms with Gasteiger partial charge in [-0.2, -0.15) is 5.10 Å². The van der Waals surface area contributed by atoms with Gasteiger partial charge in [0, 0.05) is 24.7 Å². The van der Waals surface area contributed by atoms with Crippen LogP contribution in [0.4, 0.5) is 0 Å². The van der Waals surface area contributed by atoms with E-state index in [0.29, 0.717) is 12.1 Å². The molecule has 1 aliphatic rings. The van der Waals surface area contributed by atoms with Gasteiger partial charge >= 0.3 is 0 Å². The van der Waals surface area contributed by atoms with Gasteiger partial charge in [0.15, 0.2) is 0 Å². The van der Waals surface area contributed by atoms with Gasteiger partial charge in [0.2, 0.25) is 0 Å². The van der Waals surface area contributed by atoms with Crippen LogP contribution in [0.1, 0.15) is 44.8 Å². The Balaban J connectivity index is 1.95. The van der Waals surface area contributed by atoms with E-state index in [2.05, 4.69) is 43.6 Å². The third kappa shape index (κ3) is 2.46. The molecule has 1 aromatic heterocycles. The molecule has 1 aliphatic carbocycles. The summed E-state index contributed by atoms with van der Waals surface area (Å²) in [5.41, 5.74) is 1.22. The highest BCUT2D eigenvalue weighted by Crippen LogP contribution is 2.30. The van der Waals surface area contributed by atoms with Crippen molar-refractivity contribution >= 4 is 0 Å². The lowest BCUT2D eigenvalue weighted by atomic mass is 9.78. The van der Waals surface area contributed by atoms with Crippen molar-refractivity contribution < 1.29 is 0 Å². The summed E-state index contributed by atoms with van der Waals surface area (Å²) in [5, 5.41) is 8.06. The summed E-state index contributed by atoms with van der Waals surface area (Å²) in [7, 11) is 2.07. The van der Waals surface area contributed by atoms with Crippen LogP contribution in [-0.4, -0.2) is 22.9 Å². The molecule has 1 aromatic rings. The molecule has 0 aliphatic heterocycles. The lowest BCUT2D eigenvalue weighted by Gasteiger charge is -2.33. The number of rotatable bonds is 5. The summed E-state index contributed by atoms with van der Waals surface area (Å²) in [4.78, 5) is 0. The Hall–Kier alpha value is -0.830. The highest BCUT2D eigenvalue weighted by atomic mass is 15.3. The molecule has 1 unspecified atom stereocenters. The zero-order valence-electron chi connectivity index (χ0n) is 10.6. The molecule has 0 amide bonds. The average molecular weight is 221 g/mol. The molecule has 16 heavy (non-hydrogen) atoms. The monoisotopic (exact) mass is 221 g/mol. The maximum absolute atomic E-state index is 4.61. The van der Waals surface area contributed by atoms with Crippen LogP contribution in [-0.2, 0) is 6.42 Å². The van der Waals surface area contributed by atoms with Crippen LogP contribution < -0.4 is 5.32 Å². The van der Waals surface area contributed by atoms with Gasteiger partial charge in [0.25, 0.3) is 0 Å². The first-order valence-corrected chi connectivity index (χ1v) is 6.42. The van der Waals surface area contributed by atoms with Crippen molar-refractivity contribution in [3.63, 3.8) is 0 Å². The SMILES string of the molecule is CNC(Cc1ccn(C(C)C)n1)C1CCC1. The number of hydrogen-bond acceptors (Lipinski definition) is 2. The average Bonchev–Trinajstić information content (AvgIpc) is 2.62. The minimum Gasteiger partial charge on any atom is -0.316 e. The van der Waals surface area contributed by atoms with E-state index < -0.39 is 0 Å². The summed E-state index contributed by atoms with van der Waals surface area (Å²) in [5.74, 6) is 0.870. The molecule has 2 rings (SSSR count). The van der Waals surface area contributed by atoms with E-state index in [1.54, 1.807) is 0 Å². The first kappa shape index (κ1) is 11.6. The van der Waals surface area contributed by atoms with E-state index >= 15 is 0 Å². The second-order valence-electron chi connectivity index (χ2n) is 5.17. The molecule has 3 nitrogen and oxygen atoms in total. The van der Waals surface area contributed by atoms with Gasteiger partial charge < -0.3 is 5.32 Å². The summed E-state index contributed by atoms with van der Waals surface area (Å²) in [6.07, 6.45) is 7.34. The molecule has 3 heteroatoms. The van der Waals surface area contributed by atoms with Gasteiger partial charge in [-0.15, -0.1) is 0 Å². The van der Waals surface area contributed by atoms with Gasteiger partial charge in [-0.3, -0.25) is 4.68 Å². The Morgan fingerprint density at radius 1 is 1.50 bits per heavy atom. The molecule has 0 aromatic carbocycles. The molecule has 0 bridgehead atoms. The van der Waals surface area contributed by atoms with Gasteiger partial charge in [-0.05, 0) is 45.7 Å². The summed E-state index contributed by atoms with van der Waals surface area (Å²) < 4.78 is 2.04. The van der Waals surface area contributed by atoms with Gasteiger partial charge in [0.05, 0.1) is 5.69 Å². The summed E-state index contributed by atoms with van der Waals surface area (Å²) in [6.45, 7) is 4.33. The van der Waals surface area contributed by atoms with Gasteiger partial charge in [-0.1, -0.05) is 6.42 Å². The smallest absolute Gasteiger partial charge is 0.0640 e. The highest BCUT2D eigenvalue weighted by Gasteiger charge is 2.26. The minimum atomic E-state index is 0.463. The number of nitrogens with one attached hydrogen (secondary N) is 1. The first-order chi connectivity index (χ1) is 7.70. The number of nitrogens with zero attached hydrogens (tertiary/aromatic N) is 2. The van der Waals surface area contributed by atoms with Crippen LogP contribution in [0.5, 0.6) is 0 Å². The van der Waals surface area contributed by atoms with E-state index in [9.17, 15) is 0 Å². The second-order valence-corrected chi connectivity index (χ2v) is 5.17. The van der Waals surface area contributed by atoms with E-state index in [1.807, 2.05) is 4.68 Å². The van der Waals surface area contributed by atoms with Crippen molar-refractivity contribution in [2.24, 2.45) is 5.92 Å². The van der Waals surface area contributed by atoms with Crippen LogP contribution in [0.2, 0.25) is 0 Å². The molecule has 1 saturated carbocycles. The number of likely N-dealkylation sites (N-methyl/N-ethyl adjacent to an activating group) is 1. The normalized spacial score (nSPS) is 18.8. The first-order valence-electron chi connectivity index (χ1n) is 6.42. The van der Waals surface area contributed by atoms with Crippen LogP contribution in [0, 0.1) is 5.92 Å². The van der Waals surface area contributed by atoms with E-state index in [1.165, 1.54) is 25.0 Å². The molecule has 0 radical (unpaired) electrons. The number of aromatic nitrogens is 2. The molecule has 1 heterocycles. The molecule has 1 atom stereocenters. The second kappa shape index (κ2) is 5.00. The molecular weight excluding hydrogens is 198 g/mol. The van der Waals surface area contributed by atoms with Crippen LogP contribution in [0.3, 0.4) is 0 Å². The summed E-state index contributed by atoms with van der Waals surface area (Å²) in [6, 6.07) is 3.23. The van der Waals surface area contributed by atoms with Crippen molar-refractivity contribution in [1.82, 2.24) is 15.1 Å². The maximum atomic E-state index is 4.61. The quantitative estimate of drug-likeness (QED) is 0.827. The Morgan fingerprint density at radius 2 is 2.25 bits per heavy atom. The van der Waals surface area contributed by atoms with Crippen molar-refractivity contribution in [2.75, 3.05) is 7.05 Å². The Morgan fingerprint density at radius 3 is 2.69 bits per heavy atom. The van der Waals surface area contributed by atoms with Crippen molar-refractivity contribution in [2.45, 2.75) is 51.6 Å². The molecule has 90 valence electrons. The fourth-order valence-electron chi connectivity index (χ4n) is 2.35. The van der Waals surface area contributed by atoms with Crippen LogP contribution >= 0.6 is 0 Å². The van der Waals surface area contributed by atoms with Crippen molar-refractivity contribution in [1.29, 1.82) is 0 Å². The van der Waals surface area contributed by atoms with E-state index in [4.69, 9.17) is 0 Å². The fraction of sp³-hybridized carbons (Fsp3) is 0.769. The Labute approximate surface area is 98.2 Å². The topological polar surface area (TPSA) is 29.9 Å². The molecule has 0 spiro atoms. The zero-order chi connectivity index (χ0) is 11.5. The molecule has 1 fully saturated rings. The number of hydrogen-bond donors (Lipinski definition) is 1. The standard InChI is InChI=1S/C13H23N3/c1-10(2)16-8-7-12(15-16)9-13(14-3)11-5-4-6-11/h7-8,10-11,13-14H,4-6,9H2,1-3H3. The predicted molar refractivity (Wildman–Crippen MR) is 66.5 cm³/mol. The predicted octanol–water partition coefficient (Wildman–Crippen LogP) is 2.39. The third-order valence-electron chi connectivity index (χ3n) is 3.71. The Kier molecular flexibility index (Phi) is 3.64. The lowest BCUT2D eigenvalue weighted by molar-refractivity contribution is 0.234. The Bertz CT molecular complexity index is 326. The summed E-state index contributed by atoms with van der Waals surface area (Å²) >= 11 is 0. The lowest BCUT2D eigenvalue weighted by Crippen LogP contribution is -2.39. The molecule has 0 saturated heterocycles. The molecule has 1 N–H and O–H groups in total. The maximum Gasteiger partial charge on any atom is 0.0640 e. The van der Waals surface area contributed by atoms with Crippen molar-refractivity contribution in [3.05, 3.63) is 18.0 Å². The zero-order valence-corrected chi connectivity index (χ0v) is 10.6. The van der Waals surface area contributed by atoms with Gasteiger partial charge in [0.1, 0.15) is 0 Å². The van der Waals surface area contributed by atoms with Gasteiger partial charge in [-0.25, -0.2) is 0 Å². The third-order valence-corrected chi connectivity index (χ3v) is 3.71. The van der Waals surface area contributed by atoms with Crippen LogP contribution in [0.25, 0.3) is 0 Å². The van der Waals surface area contributed by atoms with Crippen molar-refractivity contribution in [3.8, 4) is 0 Å². The molecular formula is C13H23N3. The van der Waals surface area contributed by atoms with E-state index in [0.717, 1.165) is 12.3 Å². The minimum absolute atomic E-state index is 0.463. The highest BCUT2D eigenvalue weighted by molar-refractivity contribution is 5.03.